The number of carbonyl (C=O) groups is 4. The molecule has 1 aromatic carbocycles. The second kappa shape index (κ2) is 15.8. The van der Waals surface area contributed by atoms with Crippen LogP contribution in [0.2, 0.25) is 0 Å². The van der Waals surface area contributed by atoms with E-state index in [4.69, 9.17) is 9.47 Å². The molecule has 0 saturated carbocycles. The molecule has 250 valence electrons. The molecule has 2 bridgehead atoms. The van der Waals surface area contributed by atoms with Crippen LogP contribution < -0.4 is 0 Å². The van der Waals surface area contributed by atoms with Crippen LogP contribution in [-0.2, 0) is 35.1 Å². The number of ether oxygens (including phenoxy) is 2. The van der Waals surface area contributed by atoms with E-state index in [1.54, 1.807) is 20.8 Å². The first-order valence-corrected chi connectivity index (χ1v) is 17.2. The lowest BCUT2D eigenvalue weighted by molar-refractivity contribution is -0.237. The Balaban J connectivity index is 1.68. The van der Waals surface area contributed by atoms with E-state index in [9.17, 15) is 29.4 Å². The van der Waals surface area contributed by atoms with Gasteiger partial charge in [-0.25, -0.2) is 4.79 Å². The number of rotatable bonds is 4. The van der Waals surface area contributed by atoms with Crippen LogP contribution in [0.3, 0.4) is 0 Å². The van der Waals surface area contributed by atoms with Crippen molar-refractivity contribution in [2.24, 2.45) is 23.7 Å². The maximum atomic E-state index is 14.2. The van der Waals surface area contributed by atoms with Gasteiger partial charge in [0.15, 0.2) is 0 Å². The number of benzene rings is 1. The van der Waals surface area contributed by atoms with Crippen LogP contribution in [-0.4, -0.2) is 75.2 Å². The average Bonchev–Trinajstić information content (AvgIpc) is 3.17. The molecule has 0 aromatic heterocycles. The van der Waals surface area contributed by atoms with E-state index in [0.29, 0.717) is 51.4 Å². The fourth-order valence-corrected chi connectivity index (χ4v) is 7.34. The third-order valence-corrected chi connectivity index (χ3v) is 10.5. The minimum atomic E-state index is -2.80. The minimum absolute atomic E-state index is 0.0468. The van der Waals surface area contributed by atoms with Crippen LogP contribution >= 0.6 is 0 Å². The van der Waals surface area contributed by atoms with Crippen LogP contribution in [0, 0.1) is 23.7 Å². The summed E-state index contributed by atoms with van der Waals surface area (Å²) >= 11 is 0. The highest BCUT2D eigenvalue weighted by Crippen LogP contribution is 2.36. The van der Waals surface area contributed by atoms with E-state index in [1.807, 2.05) is 18.2 Å². The Morgan fingerprint density at radius 1 is 0.933 bits per heavy atom. The molecule has 1 unspecified atom stereocenters. The molecular weight excluding hydrogens is 574 g/mol. The minimum Gasteiger partial charge on any atom is -0.461 e. The first kappa shape index (κ1) is 35.2. The maximum Gasteiger partial charge on any atom is 0.329 e. The molecule has 3 heterocycles. The number of amides is 1. The summed E-state index contributed by atoms with van der Waals surface area (Å²) in [5, 5.41) is 23.0. The van der Waals surface area contributed by atoms with Gasteiger partial charge in [-0.2, -0.15) is 0 Å². The molecule has 4 rings (SSSR count). The predicted molar refractivity (Wildman–Crippen MR) is 169 cm³/mol. The zero-order valence-electron chi connectivity index (χ0n) is 27.5. The molecule has 9 atom stereocenters. The standard InChI is InChI=1S/C36H53NO8/c1-5-27(22-26-14-8-6-9-15-26)31-18-11-7-10-17-29(38)24(3)32(39)25(4)30-20-19-23(2)33(40)36(43,45-30)35(42)37-21-13-12-16-28(37)34(41)44-31/h6,8-9,14-15,23-25,27-28,30-32,39,43H,5,7,10-13,16-22H2,1-4H3/t23-,24-,25+,27-,28+,30+,31+,32+,36?/m1/s1. The van der Waals surface area contributed by atoms with Crippen molar-refractivity contribution in [3.8, 4) is 0 Å². The number of cyclic esters (lactones) is 1. The summed E-state index contributed by atoms with van der Waals surface area (Å²) in [6, 6.07) is 9.14. The van der Waals surface area contributed by atoms with Crippen LogP contribution in [0.15, 0.2) is 30.3 Å². The Hall–Kier alpha value is -2.62. The van der Waals surface area contributed by atoms with Crippen molar-refractivity contribution in [2.75, 3.05) is 6.54 Å². The molecule has 0 spiro atoms. The Bertz CT molecular complexity index is 1170. The van der Waals surface area contributed by atoms with Crippen molar-refractivity contribution in [2.45, 2.75) is 135 Å². The van der Waals surface area contributed by atoms with Gasteiger partial charge in [-0.15, -0.1) is 0 Å². The fraction of sp³-hybridized carbons (Fsp3) is 0.722. The van der Waals surface area contributed by atoms with Gasteiger partial charge >= 0.3 is 11.8 Å². The summed E-state index contributed by atoms with van der Waals surface area (Å²) < 4.78 is 12.3. The fourth-order valence-electron chi connectivity index (χ4n) is 7.34. The zero-order chi connectivity index (χ0) is 32.7. The van der Waals surface area contributed by atoms with Crippen LogP contribution in [0.4, 0.5) is 0 Å². The van der Waals surface area contributed by atoms with E-state index < -0.39 is 65.6 Å². The Kier molecular flexibility index (Phi) is 12.4. The number of nitrogens with zero attached hydrogens (tertiary/aromatic N) is 1. The second-order valence-electron chi connectivity index (χ2n) is 13.7. The highest BCUT2D eigenvalue weighted by Gasteiger charge is 2.55. The van der Waals surface area contributed by atoms with Gasteiger partial charge in [0.05, 0.1) is 12.2 Å². The van der Waals surface area contributed by atoms with E-state index in [1.165, 1.54) is 4.90 Å². The molecule has 3 fully saturated rings. The van der Waals surface area contributed by atoms with Gasteiger partial charge in [0.2, 0.25) is 5.78 Å². The molecular formula is C36H53NO8. The first-order valence-electron chi connectivity index (χ1n) is 17.2. The first-order chi connectivity index (χ1) is 21.5. The van der Waals surface area contributed by atoms with Crippen molar-refractivity contribution >= 4 is 23.4 Å². The Morgan fingerprint density at radius 2 is 1.64 bits per heavy atom. The molecule has 0 aliphatic carbocycles. The van der Waals surface area contributed by atoms with Gasteiger partial charge in [0.1, 0.15) is 17.9 Å². The number of esters is 1. The summed E-state index contributed by atoms with van der Waals surface area (Å²) in [6.07, 6.45) is 4.70. The van der Waals surface area contributed by atoms with Gasteiger partial charge in [0.25, 0.3) is 5.91 Å². The van der Waals surface area contributed by atoms with E-state index in [0.717, 1.165) is 31.2 Å². The van der Waals surface area contributed by atoms with Gasteiger partial charge in [-0.1, -0.05) is 64.4 Å². The third kappa shape index (κ3) is 8.22. The number of hydrogen-bond donors (Lipinski definition) is 2. The monoisotopic (exact) mass is 627 g/mol. The lowest BCUT2D eigenvalue weighted by atomic mass is 9.83. The molecule has 3 aliphatic rings. The lowest BCUT2D eigenvalue weighted by Crippen LogP contribution is -2.62. The van der Waals surface area contributed by atoms with Gasteiger partial charge in [-0.05, 0) is 75.7 Å². The number of carbonyl (C=O) groups excluding carboxylic acids is 4. The average molecular weight is 628 g/mol. The number of Topliss-reactive ketones (excluding diaryl/α,β-unsaturated/α-hetero) is 2. The van der Waals surface area contributed by atoms with Crippen molar-refractivity contribution in [1.29, 1.82) is 0 Å². The smallest absolute Gasteiger partial charge is 0.329 e. The quantitative estimate of drug-likeness (QED) is 0.360. The predicted octanol–water partition coefficient (Wildman–Crippen LogP) is 4.79. The van der Waals surface area contributed by atoms with E-state index >= 15 is 0 Å². The number of hydrogen-bond acceptors (Lipinski definition) is 8. The number of aliphatic hydroxyl groups excluding tert-OH is 1. The highest BCUT2D eigenvalue weighted by molar-refractivity contribution is 6.09. The normalized spacial score (nSPS) is 35.4. The van der Waals surface area contributed by atoms with Crippen molar-refractivity contribution in [1.82, 2.24) is 4.90 Å². The van der Waals surface area contributed by atoms with Gasteiger partial charge < -0.3 is 24.6 Å². The number of aliphatic hydroxyl groups is 2. The Labute approximate surface area is 268 Å². The second-order valence-corrected chi connectivity index (χ2v) is 13.7. The zero-order valence-corrected chi connectivity index (χ0v) is 27.5. The molecule has 9 nitrogen and oxygen atoms in total. The van der Waals surface area contributed by atoms with Crippen LogP contribution in [0.1, 0.15) is 104 Å². The molecule has 2 N–H and O–H groups in total. The van der Waals surface area contributed by atoms with Crippen LogP contribution in [0.5, 0.6) is 0 Å². The number of fused-ring (bicyclic) bond motifs is 3. The largest absolute Gasteiger partial charge is 0.461 e. The summed E-state index contributed by atoms with van der Waals surface area (Å²) in [5.41, 5.74) is 1.15. The number of piperidine rings is 1. The third-order valence-electron chi connectivity index (χ3n) is 10.5. The molecule has 1 amide bonds. The molecule has 45 heavy (non-hydrogen) atoms. The van der Waals surface area contributed by atoms with Gasteiger partial charge in [-0.3, -0.25) is 14.4 Å². The van der Waals surface area contributed by atoms with Crippen molar-refractivity contribution in [3.63, 3.8) is 0 Å². The summed E-state index contributed by atoms with van der Waals surface area (Å²) in [7, 11) is 0. The molecule has 3 aliphatic heterocycles. The molecule has 9 heteroatoms. The summed E-state index contributed by atoms with van der Waals surface area (Å²) in [4.78, 5) is 56.1. The molecule has 3 saturated heterocycles. The lowest BCUT2D eigenvalue weighted by Gasteiger charge is -2.41. The highest BCUT2D eigenvalue weighted by atomic mass is 16.6. The van der Waals surface area contributed by atoms with Crippen molar-refractivity contribution < 1.29 is 38.9 Å². The summed E-state index contributed by atoms with van der Waals surface area (Å²) in [5.74, 6) is -7.02. The van der Waals surface area contributed by atoms with Crippen molar-refractivity contribution in [3.05, 3.63) is 35.9 Å². The maximum absolute atomic E-state index is 14.2. The van der Waals surface area contributed by atoms with E-state index in [2.05, 4.69) is 19.1 Å². The molecule has 0 radical (unpaired) electrons. The van der Waals surface area contributed by atoms with Gasteiger partial charge in [0, 0.05) is 30.7 Å². The van der Waals surface area contributed by atoms with E-state index in [-0.39, 0.29) is 18.2 Å². The Morgan fingerprint density at radius 3 is 2.36 bits per heavy atom. The van der Waals surface area contributed by atoms with Crippen LogP contribution in [0.25, 0.3) is 0 Å². The SMILES string of the molecule is CC[C@H](Cc1ccccc1)[C@@H]1CCCCCC(=O)[C@@H](C)[C@H](O)[C@@H](C)[C@@H]2CC[C@@H](C)C(=O)C(O)(O2)C(=O)N2CCCC[C@H]2C(=O)O1. The number of ketones is 2. The molecule has 1 aromatic rings. The topological polar surface area (TPSA) is 130 Å². The summed E-state index contributed by atoms with van der Waals surface area (Å²) in [6.45, 7) is 7.35.